The zero-order chi connectivity index (χ0) is 19.3. The van der Waals surface area contributed by atoms with Crippen molar-refractivity contribution < 1.29 is 62.0 Å². The number of aromatic nitrogens is 4. The average molecular weight is 631 g/mol. The third kappa shape index (κ3) is 6.01. The molecule has 0 aliphatic carbocycles. The zero-order valence-electron chi connectivity index (χ0n) is 14.4. The van der Waals surface area contributed by atoms with Gasteiger partial charge in [0.2, 0.25) is 5.16 Å². The molecule has 0 atom stereocenters. The van der Waals surface area contributed by atoms with Crippen LogP contribution in [0.2, 0.25) is 0 Å². The molecule has 0 saturated carbocycles. The van der Waals surface area contributed by atoms with Gasteiger partial charge in [0.25, 0.3) is 0 Å². The minimum Gasteiger partial charge on any atom is -0.699 e. The minimum atomic E-state index is -3.53. The van der Waals surface area contributed by atoms with Crippen LogP contribution in [0.1, 0.15) is 0 Å². The quantitative estimate of drug-likeness (QED) is 0.300. The van der Waals surface area contributed by atoms with Crippen molar-refractivity contribution in [1.82, 2.24) is 20.2 Å². The summed E-state index contributed by atoms with van der Waals surface area (Å²) in [6.07, 6.45) is 0. The molecule has 0 fully saturated rings. The molecule has 1 N–H and O–H groups in total. The predicted molar refractivity (Wildman–Crippen MR) is 98.8 cm³/mol. The first-order chi connectivity index (χ1) is 13.0. The minimum absolute atomic E-state index is 0. The molecule has 0 aliphatic rings. The Morgan fingerprint density at radius 3 is 2.61 bits per heavy atom. The first-order valence-electron chi connectivity index (χ1n) is 7.68. The first kappa shape index (κ1) is 22.8. The van der Waals surface area contributed by atoms with Crippen LogP contribution >= 0.6 is 11.8 Å². The molecule has 1 radical (unpaired) electrons. The van der Waals surface area contributed by atoms with E-state index in [2.05, 4.69) is 15.5 Å². The van der Waals surface area contributed by atoms with E-state index in [1.54, 1.807) is 36.4 Å². The van der Waals surface area contributed by atoms with E-state index in [4.69, 9.17) is 10.5 Å². The maximum atomic E-state index is 12.1. The van der Waals surface area contributed by atoms with Crippen molar-refractivity contribution in [3.63, 3.8) is 0 Å². The maximum Gasteiger partial charge on any atom is 0.375 e. The number of benzene rings is 2. The van der Waals surface area contributed by atoms with E-state index in [1.165, 1.54) is 22.9 Å². The van der Waals surface area contributed by atoms with Crippen LogP contribution in [0.25, 0.3) is 11.4 Å². The number of sulfone groups is 1. The number of hydrogen-bond donors (Lipinski definition) is 0. The summed E-state index contributed by atoms with van der Waals surface area (Å²) in [5.41, 5.74) is 8.43. The summed E-state index contributed by atoms with van der Waals surface area (Å²) >= 11 is 0.634. The molecule has 3 rings (SSSR count). The predicted octanol–water partition coefficient (Wildman–Crippen LogP) is 3.05. The van der Waals surface area contributed by atoms with Crippen LogP contribution in [0.3, 0.4) is 0 Å². The van der Waals surface area contributed by atoms with Gasteiger partial charge in [0.1, 0.15) is 6.61 Å². The van der Waals surface area contributed by atoms with Gasteiger partial charge in [0.15, 0.2) is 9.84 Å². The number of ether oxygens (including phenoxy) is 1. The summed E-state index contributed by atoms with van der Waals surface area (Å²) in [4.78, 5) is 12.2. The number of thioether (sulfide) groups is 1. The average Bonchev–Trinajstić information content (AvgIpc) is 3.10. The second-order valence-electron chi connectivity index (χ2n) is 5.26. The standard InChI is InChI=1S/C16H14N5O4S2.Ac/c17-12-5-4-6-13(11-12)21-15(18-19-20-21)26-16(22)25-9-10-27(23,24)14-7-2-1-3-8-14;/h1-8,11,17H,9-10H2;/q-1;. The van der Waals surface area contributed by atoms with Crippen molar-refractivity contribution in [2.75, 3.05) is 12.4 Å². The Hall–Kier alpha value is -1.48. The van der Waals surface area contributed by atoms with Crippen molar-refractivity contribution in [3.8, 4) is 5.69 Å². The summed E-state index contributed by atoms with van der Waals surface area (Å²) < 4.78 is 30.6. The normalized spacial score (nSPS) is 10.9. The largest absolute Gasteiger partial charge is 0.699 e. The van der Waals surface area contributed by atoms with E-state index in [9.17, 15) is 13.2 Å². The van der Waals surface area contributed by atoms with E-state index < -0.39 is 15.1 Å². The van der Waals surface area contributed by atoms with Crippen molar-refractivity contribution in [2.24, 2.45) is 0 Å². The number of rotatable bonds is 6. The molecular weight excluding hydrogens is 617 g/mol. The molecular formula is C16H14AcN5O4S2-. The molecule has 3 aromatic rings. The number of carbonyl (C=O) groups is 1. The van der Waals surface area contributed by atoms with Crippen molar-refractivity contribution in [2.45, 2.75) is 10.1 Å². The molecule has 0 bridgehead atoms. The third-order valence-electron chi connectivity index (χ3n) is 3.38. The summed E-state index contributed by atoms with van der Waals surface area (Å²) in [5, 5.41) is 10.5. The molecule has 0 aliphatic heterocycles. The number of nitrogens with zero attached hydrogens (tertiary/aromatic N) is 4. The molecule has 0 unspecified atom stereocenters. The second-order valence-corrected chi connectivity index (χ2v) is 8.27. The van der Waals surface area contributed by atoms with Crippen LogP contribution in [-0.4, -0.2) is 46.3 Å². The molecule has 28 heavy (non-hydrogen) atoms. The van der Waals surface area contributed by atoms with Gasteiger partial charge in [0.05, 0.1) is 16.3 Å². The molecule has 1 heterocycles. The number of nitrogens with one attached hydrogen (secondary N) is 1. The Kier molecular flexibility index (Phi) is 8.42. The zero-order valence-corrected chi connectivity index (χ0v) is 20.8. The molecule has 9 nitrogen and oxygen atoms in total. The van der Waals surface area contributed by atoms with Crippen molar-refractivity contribution >= 4 is 32.6 Å². The summed E-state index contributed by atoms with van der Waals surface area (Å²) in [6.45, 7) is -0.285. The van der Waals surface area contributed by atoms with E-state index >= 15 is 0 Å². The van der Waals surface area contributed by atoms with Gasteiger partial charge in [-0.25, -0.2) is 13.2 Å². The van der Waals surface area contributed by atoms with Crippen LogP contribution < -0.4 is 0 Å². The van der Waals surface area contributed by atoms with Gasteiger partial charge >= 0.3 is 5.30 Å². The monoisotopic (exact) mass is 631 g/mol. The first-order valence-corrected chi connectivity index (χ1v) is 10.2. The number of carbonyl (C=O) groups excluding carboxylic acids is 1. The molecule has 1 aromatic heterocycles. The fraction of sp³-hybridized carbons (Fsp3) is 0.125. The molecule has 0 spiro atoms. The third-order valence-corrected chi connectivity index (χ3v) is 5.80. The van der Waals surface area contributed by atoms with Crippen LogP contribution in [-0.2, 0) is 14.6 Å². The summed E-state index contributed by atoms with van der Waals surface area (Å²) in [6, 6.07) is 14.4. The van der Waals surface area contributed by atoms with E-state index in [-0.39, 0.29) is 72.2 Å². The van der Waals surface area contributed by atoms with Crippen molar-refractivity contribution in [1.29, 1.82) is 0 Å². The van der Waals surface area contributed by atoms with Crippen LogP contribution in [0.15, 0.2) is 64.6 Å². The molecule has 12 heteroatoms. The summed E-state index contributed by atoms with van der Waals surface area (Å²) in [5.74, 6) is -0.324. The molecule has 0 amide bonds. The molecule has 143 valence electrons. The molecule has 2 aromatic carbocycles. The Morgan fingerprint density at radius 1 is 1.14 bits per heavy atom. The van der Waals surface area contributed by atoms with E-state index in [1.807, 2.05) is 0 Å². The SMILES string of the molecule is [Ac].[NH-]c1cccc(-n2nnnc2SC(=O)OCCS(=O)(=O)c2ccccc2)c1. The smallest absolute Gasteiger partial charge is 0.375 e. The molecule has 0 saturated heterocycles. The maximum absolute atomic E-state index is 12.1. The van der Waals surface area contributed by atoms with Crippen LogP contribution in [0, 0.1) is 44.1 Å². The Morgan fingerprint density at radius 2 is 1.89 bits per heavy atom. The van der Waals surface area contributed by atoms with Crippen LogP contribution in [0.5, 0.6) is 0 Å². The van der Waals surface area contributed by atoms with Gasteiger partial charge in [-0.15, -0.1) is 10.8 Å². The van der Waals surface area contributed by atoms with Gasteiger partial charge in [-0.3, -0.25) is 0 Å². The van der Waals surface area contributed by atoms with E-state index in [0.717, 1.165) is 0 Å². The Labute approximate surface area is 201 Å². The fourth-order valence-corrected chi connectivity index (χ4v) is 3.83. The van der Waals surface area contributed by atoms with Gasteiger partial charge in [-0.05, 0) is 28.6 Å². The van der Waals surface area contributed by atoms with E-state index in [0.29, 0.717) is 17.4 Å². The van der Waals surface area contributed by atoms with Crippen molar-refractivity contribution in [3.05, 3.63) is 60.3 Å². The van der Waals surface area contributed by atoms with Gasteiger partial charge in [-0.1, -0.05) is 36.4 Å². The van der Waals surface area contributed by atoms with Gasteiger partial charge < -0.3 is 10.5 Å². The number of tetrazole rings is 1. The fourth-order valence-electron chi connectivity index (χ4n) is 2.13. The second kappa shape index (κ2) is 10.3. The Balaban J connectivity index is 0.00000280. The van der Waals surface area contributed by atoms with Gasteiger partial charge in [0, 0.05) is 55.8 Å². The van der Waals surface area contributed by atoms with Crippen LogP contribution in [0.4, 0.5) is 10.5 Å². The topological polar surface area (TPSA) is 128 Å². The Bertz CT molecular complexity index is 1040. The summed E-state index contributed by atoms with van der Waals surface area (Å²) in [7, 11) is -3.53. The number of hydrogen-bond acceptors (Lipinski definition) is 8. The van der Waals surface area contributed by atoms with Gasteiger partial charge in [-0.2, -0.15) is 4.68 Å².